The summed E-state index contributed by atoms with van der Waals surface area (Å²) >= 11 is 0. The predicted octanol–water partition coefficient (Wildman–Crippen LogP) is 1.87. The van der Waals surface area contributed by atoms with E-state index < -0.39 is 0 Å². The monoisotopic (exact) mass is 202 g/mol. The summed E-state index contributed by atoms with van der Waals surface area (Å²) < 4.78 is 0. The zero-order valence-corrected chi connectivity index (χ0v) is 9.02. The summed E-state index contributed by atoms with van der Waals surface area (Å²) in [6, 6.07) is 11.5. The minimum absolute atomic E-state index is 0.735. The van der Waals surface area contributed by atoms with Crippen molar-refractivity contribution in [2.45, 2.75) is 18.9 Å². The Balaban J connectivity index is 1.75. The largest absolute Gasteiger partial charge is 0.370 e. The lowest BCUT2D eigenvalue weighted by Crippen LogP contribution is -2.40. The Morgan fingerprint density at radius 3 is 2.80 bits per heavy atom. The van der Waals surface area contributed by atoms with Crippen LogP contribution < -0.4 is 10.2 Å². The molecule has 2 heteroatoms. The van der Waals surface area contributed by atoms with Crippen LogP contribution in [0.4, 0.5) is 5.69 Å². The Kier molecular flexibility index (Phi) is 2.37. The second-order valence-electron chi connectivity index (χ2n) is 4.70. The molecule has 2 heterocycles. The van der Waals surface area contributed by atoms with E-state index in [1.807, 2.05) is 0 Å². The number of anilines is 1. The summed E-state index contributed by atoms with van der Waals surface area (Å²) in [4.78, 5) is 2.52. The average molecular weight is 202 g/mol. The predicted molar refractivity (Wildman–Crippen MR) is 63.2 cm³/mol. The Labute approximate surface area is 91.3 Å². The first-order chi connectivity index (χ1) is 7.43. The maximum absolute atomic E-state index is 3.64. The van der Waals surface area contributed by atoms with Crippen LogP contribution in [0.3, 0.4) is 0 Å². The number of benzene rings is 1. The third-order valence-electron chi connectivity index (χ3n) is 3.72. The number of nitrogens with one attached hydrogen (secondary N) is 1. The minimum atomic E-state index is 0.735. The van der Waals surface area contributed by atoms with Gasteiger partial charge in [0.15, 0.2) is 0 Å². The van der Waals surface area contributed by atoms with E-state index in [-0.39, 0.29) is 0 Å². The van der Waals surface area contributed by atoms with Crippen molar-refractivity contribution in [2.24, 2.45) is 5.92 Å². The van der Waals surface area contributed by atoms with Crippen molar-refractivity contribution in [3.63, 3.8) is 0 Å². The number of hydrogen-bond donors (Lipinski definition) is 1. The molecule has 0 aromatic heterocycles. The molecule has 1 aromatic carbocycles. The van der Waals surface area contributed by atoms with Crippen molar-refractivity contribution in [2.75, 3.05) is 24.5 Å². The van der Waals surface area contributed by atoms with Crippen LogP contribution in [0.1, 0.15) is 12.8 Å². The first kappa shape index (κ1) is 9.22. The lowest BCUT2D eigenvalue weighted by atomic mass is 9.94. The molecule has 0 bridgehead atoms. The molecule has 0 spiro atoms. The molecular formula is C13H18N2. The van der Waals surface area contributed by atoms with Gasteiger partial charge in [-0.1, -0.05) is 18.2 Å². The Bertz CT molecular complexity index is 309. The molecule has 2 unspecified atom stereocenters. The summed E-state index contributed by atoms with van der Waals surface area (Å²) in [6.07, 6.45) is 2.75. The van der Waals surface area contributed by atoms with E-state index in [4.69, 9.17) is 0 Å². The van der Waals surface area contributed by atoms with E-state index in [0.717, 1.165) is 12.0 Å². The highest BCUT2D eigenvalue weighted by atomic mass is 15.2. The van der Waals surface area contributed by atoms with E-state index >= 15 is 0 Å². The second kappa shape index (κ2) is 3.86. The molecule has 2 aliphatic rings. The molecular weight excluding hydrogens is 184 g/mol. The van der Waals surface area contributed by atoms with Gasteiger partial charge in [-0.15, -0.1) is 0 Å². The van der Waals surface area contributed by atoms with E-state index in [9.17, 15) is 0 Å². The quantitative estimate of drug-likeness (QED) is 0.748. The molecule has 1 aromatic rings. The molecule has 2 fully saturated rings. The van der Waals surface area contributed by atoms with Gasteiger partial charge in [0.1, 0.15) is 0 Å². The van der Waals surface area contributed by atoms with Crippen molar-refractivity contribution in [3.05, 3.63) is 30.3 Å². The normalized spacial score (nSPS) is 30.3. The molecule has 2 saturated heterocycles. The van der Waals surface area contributed by atoms with Crippen LogP contribution >= 0.6 is 0 Å². The van der Waals surface area contributed by atoms with Gasteiger partial charge >= 0.3 is 0 Å². The zero-order valence-electron chi connectivity index (χ0n) is 9.02. The number of rotatable bonds is 1. The molecule has 2 atom stereocenters. The topological polar surface area (TPSA) is 15.3 Å². The summed E-state index contributed by atoms with van der Waals surface area (Å²) in [7, 11) is 0. The van der Waals surface area contributed by atoms with Gasteiger partial charge in [0.25, 0.3) is 0 Å². The summed E-state index contributed by atoms with van der Waals surface area (Å²) in [5.74, 6) is 0.874. The van der Waals surface area contributed by atoms with Crippen LogP contribution in [0.15, 0.2) is 30.3 Å². The zero-order chi connectivity index (χ0) is 10.1. The molecule has 15 heavy (non-hydrogen) atoms. The molecule has 0 aliphatic carbocycles. The van der Waals surface area contributed by atoms with Crippen molar-refractivity contribution < 1.29 is 0 Å². The third kappa shape index (κ3) is 1.74. The highest BCUT2D eigenvalue weighted by molar-refractivity contribution is 5.47. The average Bonchev–Trinajstić information content (AvgIpc) is 2.74. The second-order valence-corrected chi connectivity index (χ2v) is 4.70. The fraction of sp³-hybridized carbons (Fsp3) is 0.538. The molecule has 80 valence electrons. The first-order valence-corrected chi connectivity index (χ1v) is 5.97. The summed E-state index contributed by atoms with van der Waals surface area (Å²) in [6.45, 7) is 3.64. The fourth-order valence-electron chi connectivity index (χ4n) is 2.90. The molecule has 2 nitrogen and oxygen atoms in total. The van der Waals surface area contributed by atoms with E-state index in [1.54, 1.807) is 0 Å². The molecule has 1 N–H and O–H groups in total. The van der Waals surface area contributed by atoms with Crippen LogP contribution in [0.2, 0.25) is 0 Å². The van der Waals surface area contributed by atoms with Gasteiger partial charge in [0, 0.05) is 24.8 Å². The lowest BCUT2D eigenvalue weighted by Gasteiger charge is -2.24. The smallest absolute Gasteiger partial charge is 0.0366 e. The van der Waals surface area contributed by atoms with E-state index in [0.29, 0.717) is 0 Å². The van der Waals surface area contributed by atoms with Crippen molar-refractivity contribution in [1.82, 2.24) is 5.32 Å². The molecule has 0 radical (unpaired) electrons. The number of nitrogens with zero attached hydrogens (tertiary/aromatic N) is 1. The summed E-state index contributed by atoms with van der Waals surface area (Å²) in [5, 5.41) is 3.64. The van der Waals surface area contributed by atoms with Gasteiger partial charge in [0.2, 0.25) is 0 Å². The maximum Gasteiger partial charge on any atom is 0.0366 e. The molecule has 0 amide bonds. The highest BCUT2D eigenvalue weighted by Gasteiger charge is 2.33. The number of para-hydroxylation sites is 1. The lowest BCUT2D eigenvalue weighted by molar-refractivity contribution is 0.340. The molecule has 2 aliphatic heterocycles. The van der Waals surface area contributed by atoms with Gasteiger partial charge < -0.3 is 10.2 Å². The number of fused-ring (bicyclic) bond motifs is 1. The minimum Gasteiger partial charge on any atom is -0.370 e. The molecule has 3 rings (SSSR count). The maximum atomic E-state index is 3.64. The van der Waals surface area contributed by atoms with Crippen molar-refractivity contribution in [1.29, 1.82) is 0 Å². The Hall–Kier alpha value is -1.02. The summed E-state index contributed by atoms with van der Waals surface area (Å²) in [5.41, 5.74) is 1.38. The van der Waals surface area contributed by atoms with Crippen molar-refractivity contribution >= 4 is 5.69 Å². The van der Waals surface area contributed by atoms with Crippen LogP contribution in [-0.2, 0) is 0 Å². The number of piperidine rings is 1. The van der Waals surface area contributed by atoms with Gasteiger partial charge in [-0.05, 0) is 37.4 Å². The van der Waals surface area contributed by atoms with Crippen LogP contribution in [0, 0.1) is 5.92 Å². The van der Waals surface area contributed by atoms with E-state index in [1.165, 1.54) is 38.2 Å². The van der Waals surface area contributed by atoms with Gasteiger partial charge in [0.05, 0.1) is 0 Å². The van der Waals surface area contributed by atoms with Gasteiger partial charge in [-0.2, -0.15) is 0 Å². The SMILES string of the molecule is c1ccc(N2CC3CCCNC3C2)cc1. The Morgan fingerprint density at radius 2 is 2.00 bits per heavy atom. The first-order valence-electron chi connectivity index (χ1n) is 5.97. The van der Waals surface area contributed by atoms with Crippen LogP contribution in [0.5, 0.6) is 0 Å². The fourth-order valence-corrected chi connectivity index (χ4v) is 2.90. The third-order valence-corrected chi connectivity index (χ3v) is 3.72. The van der Waals surface area contributed by atoms with Crippen molar-refractivity contribution in [3.8, 4) is 0 Å². The standard InChI is InChI=1S/C13H18N2/c1-2-6-12(7-3-1)15-9-11-5-4-8-14-13(11)10-15/h1-3,6-7,11,13-14H,4-5,8-10H2. The molecule has 0 saturated carbocycles. The Morgan fingerprint density at radius 1 is 1.13 bits per heavy atom. The van der Waals surface area contributed by atoms with Gasteiger partial charge in [-0.25, -0.2) is 0 Å². The van der Waals surface area contributed by atoms with E-state index in [2.05, 4.69) is 40.5 Å². The number of hydrogen-bond acceptors (Lipinski definition) is 2. The van der Waals surface area contributed by atoms with Gasteiger partial charge in [-0.3, -0.25) is 0 Å². The van der Waals surface area contributed by atoms with Crippen LogP contribution in [-0.4, -0.2) is 25.7 Å². The van der Waals surface area contributed by atoms with Crippen LogP contribution in [0.25, 0.3) is 0 Å². The highest BCUT2D eigenvalue weighted by Crippen LogP contribution is 2.28.